The van der Waals surface area contributed by atoms with Gasteiger partial charge in [0.15, 0.2) is 0 Å². The van der Waals surface area contributed by atoms with E-state index in [0.717, 1.165) is 18.6 Å². The summed E-state index contributed by atoms with van der Waals surface area (Å²) in [5, 5.41) is 2.84. The highest BCUT2D eigenvalue weighted by Crippen LogP contribution is 2.00. The number of hydrogen-bond acceptors (Lipinski definition) is 2. The van der Waals surface area contributed by atoms with Crippen LogP contribution in [0, 0.1) is 5.92 Å². The van der Waals surface area contributed by atoms with Gasteiger partial charge in [0.05, 0.1) is 0 Å². The van der Waals surface area contributed by atoms with E-state index in [1.54, 1.807) is 6.08 Å². The molecule has 0 unspecified atom stereocenters. The van der Waals surface area contributed by atoms with Gasteiger partial charge < -0.3 is 10.1 Å². The molecular weight excluding hydrogens is 238 g/mol. The molecule has 1 rings (SSSR count). The van der Waals surface area contributed by atoms with E-state index in [-0.39, 0.29) is 5.91 Å². The maximum absolute atomic E-state index is 11.5. The van der Waals surface area contributed by atoms with Gasteiger partial charge in [0.2, 0.25) is 5.91 Å². The molecule has 0 saturated heterocycles. The van der Waals surface area contributed by atoms with Crippen molar-refractivity contribution in [1.82, 2.24) is 5.32 Å². The number of benzene rings is 1. The zero-order valence-corrected chi connectivity index (χ0v) is 11.8. The van der Waals surface area contributed by atoms with Crippen molar-refractivity contribution >= 4 is 12.0 Å². The summed E-state index contributed by atoms with van der Waals surface area (Å²) in [5.74, 6) is 0.496. The summed E-state index contributed by atoms with van der Waals surface area (Å²) in [6.45, 7) is 6.37. The largest absolute Gasteiger partial charge is 0.381 e. The van der Waals surface area contributed by atoms with E-state index in [1.807, 2.05) is 36.4 Å². The average Bonchev–Trinajstić information content (AvgIpc) is 2.41. The quantitative estimate of drug-likeness (QED) is 0.577. The summed E-state index contributed by atoms with van der Waals surface area (Å²) in [5.41, 5.74) is 1.03. The van der Waals surface area contributed by atoms with Crippen LogP contribution in [0.15, 0.2) is 36.4 Å². The van der Waals surface area contributed by atoms with Gasteiger partial charge in [-0.2, -0.15) is 0 Å². The Morgan fingerprint density at radius 3 is 2.74 bits per heavy atom. The van der Waals surface area contributed by atoms with Crippen molar-refractivity contribution < 1.29 is 9.53 Å². The third-order valence-electron chi connectivity index (χ3n) is 2.44. The normalized spacial score (nSPS) is 11.1. The lowest BCUT2D eigenvalue weighted by molar-refractivity contribution is -0.116. The standard InChI is InChI=1S/C16H23NO2/c1-14(2)13-19-12-6-11-17-16(18)10-9-15-7-4-3-5-8-15/h3-5,7-10,14H,6,11-13H2,1-2H3,(H,17,18)/b10-9+. The van der Waals surface area contributed by atoms with Gasteiger partial charge in [0.25, 0.3) is 0 Å². The van der Waals surface area contributed by atoms with Gasteiger partial charge in [-0.05, 0) is 24.0 Å². The fraction of sp³-hybridized carbons (Fsp3) is 0.438. The number of carbonyl (C=O) groups is 1. The number of ether oxygens (including phenoxy) is 1. The van der Waals surface area contributed by atoms with Crippen LogP contribution in [-0.4, -0.2) is 25.7 Å². The SMILES string of the molecule is CC(C)COCCCNC(=O)/C=C/c1ccccc1. The second kappa shape index (κ2) is 9.34. The molecule has 0 radical (unpaired) electrons. The fourth-order valence-corrected chi connectivity index (χ4v) is 1.50. The van der Waals surface area contributed by atoms with Gasteiger partial charge in [0.1, 0.15) is 0 Å². The van der Waals surface area contributed by atoms with Crippen LogP contribution < -0.4 is 5.32 Å². The van der Waals surface area contributed by atoms with E-state index in [9.17, 15) is 4.79 Å². The van der Waals surface area contributed by atoms with Crippen molar-refractivity contribution in [1.29, 1.82) is 0 Å². The van der Waals surface area contributed by atoms with Crippen molar-refractivity contribution in [3.05, 3.63) is 42.0 Å². The molecule has 0 heterocycles. The molecule has 19 heavy (non-hydrogen) atoms. The predicted molar refractivity (Wildman–Crippen MR) is 78.8 cm³/mol. The van der Waals surface area contributed by atoms with Crippen molar-refractivity contribution in [3.63, 3.8) is 0 Å². The van der Waals surface area contributed by atoms with E-state index in [4.69, 9.17) is 4.74 Å². The minimum Gasteiger partial charge on any atom is -0.381 e. The minimum absolute atomic E-state index is 0.0623. The van der Waals surface area contributed by atoms with Gasteiger partial charge in [-0.3, -0.25) is 4.79 Å². The third-order valence-corrected chi connectivity index (χ3v) is 2.44. The first-order valence-corrected chi connectivity index (χ1v) is 6.77. The lowest BCUT2D eigenvalue weighted by Gasteiger charge is -2.06. The molecule has 1 aromatic carbocycles. The van der Waals surface area contributed by atoms with Crippen LogP contribution >= 0.6 is 0 Å². The maximum atomic E-state index is 11.5. The van der Waals surface area contributed by atoms with Crippen molar-refractivity contribution in [2.75, 3.05) is 19.8 Å². The van der Waals surface area contributed by atoms with E-state index in [2.05, 4.69) is 19.2 Å². The number of amides is 1. The Morgan fingerprint density at radius 1 is 1.32 bits per heavy atom. The predicted octanol–water partition coefficient (Wildman–Crippen LogP) is 2.88. The topological polar surface area (TPSA) is 38.3 Å². The summed E-state index contributed by atoms with van der Waals surface area (Å²) in [6.07, 6.45) is 4.21. The van der Waals surface area contributed by atoms with Crippen molar-refractivity contribution in [3.8, 4) is 0 Å². The molecule has 0 aromatic heterocycles. The number of rotatable bonds is 8. The van der Waals surface area contributed by atoms with Crippen LogP contribution in [0.1, 0.15) is 25.8 Å². The molecule has 3 heteroatoms. The zero-order chi connectivity index (χ0) is 13.9. The molecule has 104 valence electrons. The molecule has 3 nitrogen and oxygen atoms in total. The number of nitrogens with one attached hydrogen (secondary N) is 1. The molecule has 1 N–H and O–H groups in total. The maximum Gasteiger partial charge on any atom is 0.244 e. The molecule has 0 bridgehead atoms. The van der Waals surface area contributed by atoms with Gasteiger partial charge in [-0.25, -0.2) is 0 Å². The molecule has 1 aromatic rings. The molecule has 0 aliphatic carbocycles. The van der Waals surface area contributed by atoms with Gasteiger partial charge in [-0.15, -0.1) is 0 Å². The molecule has 0 spiro atoms. The number of hydrogen-bond donors (Lipinski definition) is 1. The van der Waals surface area contributed by atoms with Crippen LogP contribution in [0.4, 0.5) is 0 Å². The summed E-state index contributed by atoms with van der Waals surface area (Å²) in [6, 6.07) is 9.77. The first-order valence-electron chi connectivity index (χ1n) is 6.77. The van der Waals surface area contributed by atoms with Gasteiger partial charge >= 0.3 is 0 Å². The Labute approximate surface area is 115 Å². The molecular formula is C16H23NO2. The van der Waals surface area contributed by atoms with Crippen molar-refractivity contribution in [2.24, 2.45) is 5.92 Å². The summed E-state index contributed by atoms with van der Waals surface area (Å²) in [4.78, 5) is 11.5. The zero-order valence-electron chi connectivity index (χ0n) is 11.8. The van der Waals surface area contributed by atoms with Crippen LogP contribution in [0.2, 0.25) is 0 Å². The smallest absolute Gasteiger partial charge is 0.244 e. The Kier molecular flexibility index (Phi) is 7.59. The lowest BCUT2D eigenvalue weighted by Crippen LogP contribution is -2.23. The second-order valence-corrected chi connectivity index (χ2v) is 4.86. The Hall–Kier alpha value is -1.61. The van der Waals surface area contributed by atoms with Gasteiger partial charge in [0, 0.05) is 25.8 Å². The van der Waals surface area contributed by atoms with Crippen molar-refractivity contribution in [2.45, 2.75) is 20.3 Å². The molecule has 0 aliphatic heterocycles. The summed E-state index contributed by atoms with van der Waals surface area (Å²) in [7, 11) is 0. The Bertz CT molecular complexity index is 385. The highest BCUT2D eigenvalue weighted by molar-refractivity contribution is 5.91. The van der Waals surface area contributed by atoms with Crippen LogP contribution in [0.3, 0.4) is 0 Å². The van der Waals surface area contributed by atoms with Crippen LogP contribution in [-0.2, 0) is 9.53 Å². The molecule has 0 saturated carbocycles. The van der Waals surface area contributed by atoms with E-state index < -0.39 is 0 Å². The van der Waals surface area contributed by atoms with Crippen LogP contribution in [0.5, 0.6) is 0 Å². The average molecular weight is 261 g/mol. The third kappa shape index (κ3) is 8.16. The molecule has 0 fully saturated rings. The summed E-state index contributed by atoms with van der Waals surface area (Å²) < 4.78 is 5.44. The van der Waals surface area contributed by atoms with E-state index in [0.29, 0.717) is 19.1 Å². The van der Waals surface area contributed by atoms with E-state index >= 15 is 0 Å². The first kappa shape index (κ1) is 15.4. The van der Waals surface area contributed by atoms with E-state index in [1.165, 1.54) is 0 Å². The summed E-state index contributed by atoms with van der Waals surface area (Å²) >= 11 is 0. The molecule has 0 aliphatic rings. The number of carbonyl (C=O) groups excluding carboxylic acids is 1. The highest BCUT2D eigenvalue weighted by atomic mass is 16.5. The first-order chi connectivity index (χ1) is 9.18. The lowest BCUT2D eigenvalue weighted by atomic mass is 10.2. The monoisotopic (exact) mass is 261 g/mol. The fourth-order valence-electron chi connectivity index (χ4n) is 1.50. The molecule has 0 atom stereocenters. The minimum atomic E-state index is -0.0623. The highest BCUT2D eigenvalue weighted by Gasteiger charge is 1.96. The Morgan fingerprint density at radius 2 is 2.05 bits per heavy atom. The second-order valence-electron chi connectivity index (χ2n) is 4.86. The van der Waals surface area contributed by atoms with Gasteiger partial charge in [-0.1, -0.05) is 44.2 Å². The Balaban J connectivity index is 2.10. The van der Waals surface area contributed by atoms with Crippen LogP contribution in [0.25, 0.3) is 6.08 Å². The molecule has 1 amide bonds.